The molecule has 2 aromatic carbocycles. The summed E-state index contributed by atoms with van der Waals surface area (Å²) in [5.74, 6) is -0.865. The van der Waals surface area contributed by atoms with Gasteiger partial charge in [0, 0.05) is 6.20 Å². The number of aromatic nitrogens is 1. The average molecular weight is 435 g/mol. The molecule has 0 aliphatic carbocycles. The van der Waals surface area contributed by atoms with Crippen LogP contribution in [0.25, 0.3) is 0 Å². The lowest BCUT2D eigenvalue weighted by molar-refractivity contribution is -0.136. The second-order valence-electron chi connectivity index (χ2n) is 6.38. The summed E-state index contributed by atoms with van der Waals surface area (Å²) < 4.78 is 66.5. The maximum atomic E-state index is 13.1. The number of anilines is 2. The molecule has 3 aromatic rings. The number of carbonyl (C=O) groups excluding carboxylic acids is 1. The minimum absolute atomic E-state index is 0.00710. The summed E-state index contributed by atoms with van der Waals surface area (Å²) in [5.41, 5.74) is -0.653. The molecule has 0 bridgehead atoms. The largest absolute Gasteiger partial charge is 0.418 e. The Balaban J connectivity index is 1.82. The van der Waals surface area contributed by atoms with E-state index in [9.17, 15) is 26.4 Å². The number of sulfonamides is 1. The number of rotatable bonds is 5. The van der Waals surface area contributed by atoms with Crippen LogP contribution in [0.4, 0.5) is 24.5 Å². The number of para-hydroxylation sites is 1. The Morgan fingerprint density at radius 2 is 1.67 bits per heavy atom. The lowest BCUT2D eigenvalue weighted by Crippen LogP contribution is -2.18. The van der Waals surface area contributed by atoms with E-state index < -0.39 is 33.4 Å². The zero-order valence-electron chi connectivity index (χ0n) is 15.6. The number of halogens is 3. The van der Waals surface area contributed by atoms with Crippen LogP contribution in [0, 0.1) is 6.92 Å². The first kappa shape index (κ1) is 21.3. The van der Waals surface area contributed by atoms with Crippen molar-refractivity contribution in [3.05, 3.63) is 83.7 Å². The van der Waals surface area contributed by atoms with E-state index in [-0.39, 0.29) is 16.1 Å². The Morgan fingerprint density at radius 3 is 2.33 bits per heavy atom. The van der Waals surface area contributed by atoms with Crippen LogP contribution >= 0.6 is 0 Å². The average Bonchev–Trinajstić information content (AvgIpc) is 2.68. The van der Waals surface area contributed by atoms with Crippen molar-refractivity contribution < 1.29 is 26.4 Å². The maximum absolute atomic E-state index is 13.1. The summed E-state index contributed by atoms with van der Waals surface area (Å²) in [5, 5.41) is 2.19. The first-order valence-electron chi connectivity index (χ1n) is 8.58. The molecular weight excluding hydrogens is 419 g/mol. The summed E-state index contributed by atoms with van der Waals surface area (Å²) >= 11 is 0. The molecule has 2 N–H and O–H groups in total. The first-order chi connectivity index (χ1) is 14.1. The predicted molar refractivity (Wildman–Crippen MR) is 106 cm³/mol. The van der Waals surface area contributed by atoms with E-state index >= 15 is 0 Å². The van der Waals surface area contributed by atoms with Gasteiger partial charge in [0.15, 0.2) is 0 Å². The molecule has 1 aromatic heterocycles. The van der Waals surface area contributed by atoms with E-state index in [2.05, 4.69) is 15.0 Å². The lowest BCUT2D eigenvalue weighted by Gasteiger charge is -2.14. The van der Waals surface area contributed by atoms with E-state index in [0.29, 0.717) is 0 Å². The van der Waals surface area contributed by atoms with Crippen LogP contribution in [0.3, 0.4) is 0 Å². The number of alkyl halides is 3. The molecule has 1 heterocycles. The van der Waals surface area contributed by atoms with E-state index in [4.69, 9.17) is 0 Å². The number of benzene rings is 2. The number of hydrogen-bond donors (Lipinski definition) is 2. The van der Waals surface area contributed by atoms with Crippen LogP contribution in [0.15, 0.2) is 71.9 Å². The molecule has 156 valence electrons. The summed E-state index contributed by atoms with van der Waals surface area (Å²) in [6, 6.07) is 11.8. The Bertz CT molecular complexity index is 1180. The van der Waals surface area contributed by atoms with Crippen LogP contribution < -0.4 is 10.0 Å². The molecule has 0 fully saturated rings. The lowest BCUT2D eigenvalue weighted by atomic mass is 10.1. The van der Waals surface area contributed by atoms with Crippen molar-refractivity contribution in [1.82, 2.24) is 4.98 Å². The second-order valence-corrected chi connectivity index (χ2v) is 8.06. The Hall–Kier alpha value is -3.40. The molecule has 6 nitrogen and oxygen atoms in total. The number of pyridine rings is 1. The zero-order valence-corrected chi connectivity index (χ0v) is 16.4. The van der Waals surface area contributed by atoms with Gasteiger partial charge >= 0.3 is 6.18 Å². The van der Waals surface area contributed by atoms with E-state index in [0.717, 1.165) is 23.9 Å². The molecule has 0 aliphatic rings. The molecule has 0 radical (unpaired) electrons. The van der Waals surface area contributed by atoms with Gasteiger partial charge in [-0.1, -0.05) is 29.8 Å². The molecule has 0 saturated carbocycles. The van der Waals surface area contributed by atoms with E-state index in [1.807, 2.05) is 6.92 Å². The Kier molecular flexibility index (Phi) is 5.79. The molecule has 0 aliphatic heterocycles. The van der Waals surface area contributed by atoms with Crippen molar-refractivity contribution in [2.75, 3.05) is 10.0 Å². The summed E-state index contributed by atoms with van der Waals surface area (Å²) in [7, 11) is -3.93. The Morgan fingerprint density at radius 1 is 1.00 bits per heavy atom. The number of aryl methyl sites for hydroxylation is 1. The van der Waals surface area contributed by atoms with Crippen LogP contribution in [0.1, 0.15) is 21.5 Å². The highest BCUT2D eigenvalue weighted by molar-refractivity contribution is 7.92. The van der Waals surface area contributed by atoms with Gasteiger partial charge in [-0.15, -0.1) is 0 Å². The van der Waals surface area contributed by atoms with Crippen molar-refractivity contribution in [2.45, 2.75) is 18.0 Å². The summed E-state index contributed by atoms with van der Waals surface area (Å²) in [4.78, 5) is 16.2. The highest BCUT2D eigenvalue weighted by atomic mass is 32.2. The molecule has 30 heavy (non-hydrogen) atoms. The summed E-state index contributed by atoms with van der Waals surface area (Å²) in [6.07, 6.45) is -2.34. The third kappa shape index (κ3) is 4.95. The van der Waals surface area contributed by atoms with Crippen molar-refractivity contribution >= 4 is 27.3 Å². The van der Waals surface area contributed by atoms with Crippen LogP contribution in [0.2, 0.25) is 0 Å². The van der Waals surface area contributed by atoms with Gasteiger partial charge in [0.05, 0.1) is 33.6 Å². The maximum Gasteiger partial charge on any atom is 0.418 e. The van der Waals surface area contributed by atoms with Crippen LogP contribution in [-0.4, -0.2) is 19.3 Å². The van der Waals surface area contributed by atoms with Gasteiger partial charge < -0.3 is 5.32 Å². The van der Waals surface area contributed by atoms with Gasteiger partial charge in [0.2, 0.25) is 0 Å². The van der Waals surface area contributed by atoms with Gasteiger partial charge in [-0.3, -0.25) is 14.5 Å². The van der Waals surface area contributed by atoms with Crippen LogP contribution in [0.5, 0.6) is 0 Å². The number of carbonyl (C=O) groups is 1. The first-order valence-corrected chi connectivity index (χ1v) is 10.1. The summed E-state index contributed by atoms with van der Waals surface area (Å²) in [6.45, 7) is 1.81. The highest BCUT2D eigenvalue weighted by Crippen LogP contribution is 2.34. The van der Waals surface area contributed by atoms with Gasteiger partial charge in [-0.25, -0.2) is 8.42 Å². The van der Waals surface area contributed by atoms with Crippen molar-refractivity contribution in [2.24, 2.45) is 0 Å². The normalized spacial score (nSPS) is 11.7. The smallest absolute Gasteiger partial charge is 0.321 e. The fourth-order valence-corrected chi connectivity index (χ4v) is 3.62. The fourth-order valence-electron chi connectivity index (χ4n) is 2.59. The number of amides is 1. The zero-order chi connectivity index (χ0) is 21.9. The predicted octanol–water partition coefficient (Wildman–Crippen LogP) is 4.46. The molecule has 10 heteroatoms. The SMILES string of the molecule is Cc1ccc(S(=O)(=O)Nc2cncc(C(=O)Nc3ccccc3C(F)(F)F)c2)cc1. The quantitative estimate of drug-likeness (QED) is 0.619. The third-order valence-electron chi connectivity index (χ3n) is 4.06. The molecule has 1 amide bonds. The minimum Gasteiger partial charge on any atom is -0.321 e. The van der Waals surface area contributed by atoms with Crippen LogP contribution in [-0.2, 0) is 16.2 Å². The number of hydrogen-bond acceptors (Lipinski definition) is 4. The molecule has 0 saturated heterocycles. The van der Waals surface area contributed by atoms with Crippen molar-refractivity contribution in [1.29, 1.82) is 0 Å². The molecule has 0 unspecified atom stereocenters. The van der Waals surface area contributed by atoms with Gasteiger partial charge in [0.1, 0.15) is 0 Å². The molecular formula is C20H16F3N3O3S. The van der Waals surface area contributed by atoms with Gasteiger partial charge in [-0.05, 0) is 37.3 Å². The molecule has 0 spiro atoms. The van der Waals surface area contributed by atoms with E-state index in [1.54, 1.807) is 12.1 Å². The second kappa shape index (κ2) is 8.15. The standard InChI is InChI=1S/C20H16F3N3O3S/c1-13-6-8-16(9-7-13)30(28,29)26-15-10-14(11-24-12-15)19(27)25-18-5-3-2-4-17(18)20(21,22)23/h2-12,26H,1H3,(H,25,27). The molecule has 3 rings (SSSR count). The minimum atomic E-state index is -4.65. The number of nitrogens with one attached hydrogen (secondary N) is 2. The van der Waals surface area contributed by atoms with Gasteiger partial charge in [-0.2, -0.15) is 13.2 Å². The third-order valence-corrected chi connectivity index (χ3v) is 5.46. The van der Waals surface area contributed by atoms with Crippen molar-refractivity contribution in [3.8, 4) is 0 Å². The molecule has 0 atom stereocenters. The van der Waals surface area contributed by atoms with Gasteiger partial charge in [0.25, 0.3) is 15.9 Å². The topological polar surface area (TPSA) is 88.2 Å². The van der Waals surface area contributed by atoms with E-state index in [1.165, 1.54) is 36.5 Å². The fraction of sp³-hybridized carbons (Fsp3) is 0.100. The Labute approximate surface area is 170 Å². The highest BCUT2D eigenvalue weighted by Gasteiger charge is 2.33. The number of nitrogens with zero attached hydrogens (tertiary/aromatic N) is 1. The monoisotopic (exact) mass is 435 g/mol. The van der Waals surface area contributed by atoms with Crippen molar-refractivity contribution in [3.63, 3.8) is 0 Å².